The van der Waals surface area contributed by atoms with Crippen LogP contribution in [0.3, 0.4) is 0 Å². The van der Waals surface area contributed by atoms with Crippen molar-refractivity contribution in [3.05, 3.63) is 66.0 Å². The van der Waals surface area contributed by atoms with Crippen molar-refractivity contribution < 1.29 is 4.92 Å². The van der Waals surface area contributed by atoms with Gasteiger partial charge in [0.15, 0.2) is 0 Å². The lowest BCUT2D eigenvalue weighted by atomic mass is 10.1. The average molecular weight is 420 g/mol. The summed E-state index contributed by atoms with van der Waals surface area (Å²) in [5.74, 6) is 0. The second kappa shape index (κ2) is 6.56. The average Bonchev–Trinajstić information content (AvgIpc) is 2.39. The smallest absolute Gasteiger partial charge is 0.275 e. The van der Waals surface area contributed by atoms with Gasteiger partial charge in [-0.05, 0) is 56.1 Å². The molecule has 0 amide bonds. The standard InChI is InChI=1S/C13H9Br2ClN2O2/c14-10-2-1-3-11(15)13(10)17-7-8-4-5-9(16)6-12(8)18(19)20/h1-6,17H,7H2. The van der Waals surface area contributed by atoms with Crippen LogP contribution in [0.25, 0.3) is 0 Å². The molecule has 0 heterocycles. The fourth-order valence-corrected chi connectivity index (χ4v) is 3.15. The van der Waals surface area contributed by atoms with Crippen LogP contribution in [0.15, 0.2) is 45.3 Å². The van der Waals surface area contributed by atoms with Crippen molar-refractivity contribution in [3.8, 4) is 0 Å². The maximum atomic E-state index is 11.0. The highest BCUT2D eigenvalue weighted by Gasteiger charge is 2.14. The quantitative estimate of drug-likeness (QED) is 0.533. The number of halogens is 3. The number of para-hydroxylation sites is 1. The molecular formula is C13H9Br2ClN2O2. The fourth-order valence-electron chi connectivity index (χ4n) is 1.71. The van der Waals surface area contributed by atoms with Crippen molar-refractivity contribution in [2.45, 2.75) is 6.54 Å². The van der Waals surface area contributed by atoms with Crippen molar-refractivity contribution in [3.63, 3.8) is 0 Å². The first-order chi connectivity index (χ1) is 9.49. The van der Waals surface area contributed by atoms with E-state index in [-0.39, 0.29) is 5.69 Å². The molecule has 1 N–H and O–H groups in total. The third kappa shape index (κ3) is 3.50. The van der Waals surface area contributed by atoms with Crippen LogP contribution in [0.1, 0.15) is 5.56 Å². The van der Waals surface area contributed by atoms with Crippen molar-refractivity contribution >= 4 is 54.8 Å². The lowest BCUT2D eigenvalue weighted by molar-refractivity contribution is -0.385. The Morgan fingerprint density at radius 1 is 1.20 bits per heavy atom. The zero-order chi connectivity index (χ0) is 14.7. The van der Waals surface area contributed by atoms with Crippen molar-refractivity contribution in [1.29, 1.82) is 0 Å². The number of nitro groups is 1. The summed E-state index contributed by atoms with van der Waals surface area (Å²) < 4.78 is 1.76. The van der Waals surface area contributed by atoms with Gasteiger partial charge in [0, 0.05) is 32.1 Å². The topological polar surface area (TPSA) is 55.2 Å². The Bertz CT molecular complexity index is 645. The van der Waals surface area contributed by atoms with Gasteiger partial charge in [-0.1, -0.05) is 17.7 Å². The largest absolute Gasteiger partial charge is 0.379 e. The van der Waals surface area contributed by atoms with Gasteiger partial charge in [-0.3, -0.25) is 10.1 Å². The number of nitrogens with zero attached hydrogens (tertiary/aromatic N) is 1. The molecule has 0 aromatic heterocycles. The summed E-state index contributed by atoms with van der Waals surface area (Å²) in [4.78, 5) is 10.6. The zero-order valence-electron chi connectivity index (χ0n) is 10.1. The third-order valence-corrected chi connectivity index (χ3v) is 4.22. The highest BCUT2D eigenvalue weighted by molar-refractivity contribution is 9.11. The summed E-state index contributed by atoms with van der Waals surface area (Å²) in [7, 11) is 0. The Morgan fingerprint density at radius 3 is 2.45 bits per heavy atom. The molecule has 0 bridgehead atoms. The van der Waals surface area contributed by atoms with E-state index in [1.807, 2.05) is 18.2 Å². The fraction of sp³-hybridized carbons (Fsp3) is 0.0769. The van der Waals surface area contributed by atoms with Crippen molar-refractivity contribution in [2.24, 2.45) is 0 Å². The molecule has 0 unspecified atom stereocenters. The van der Waals surface area contributed by atoms with Gasteiger partial charge in [0.1, 0.15) is 0 Å². The maximum absolute atomic E-state index is 11.0. The van der Waals surface area contributed by atoms with Gasteiger partial charge in [-0.2, -0.15) is 0 Å². The molecule has 0 atom stereocenters. The van der Waals surface area contributed by atoms with Gasteiger partial charge in [-0.15, -0.1) is 0 Å². The molecule has 2 aromatic rings. The van der Waals surface area contributed by atoms with Gasteiger partial charge < -0.3 is 5.32 Å². The molecule has 0 aliphatic rings. The van der Waals surface area contributed by atoms with Crippen molar-refractivity contribution in [1.82, 2.24) is 0 Å². The van der Waals surface area contributed by atoms with Gasteiger partial charge in [0.2, 0.25) is 0 Å². The van der Waals surface area contributed by atoms with E-state index in [0.29, 0.717) is 17.1 Å². The number of hydrogen-bond acceptors (Lipinski definition) is 3. The maximum Gasteiger partial charge on any atom is 0.275 e. The van der Waals surface area contributed by atoms with Crippen LogP contribution in [0.4, 0.5) is 11.4 Å². The molecule has 0 saturated carbocycles. The Hall–Kier alpha value is -1.11. The van der Waals surface area contributed by atoms with E-state index < -0.39 is 4.92 Å². The number of hydrogen-bond donors (Lipinski definition) is 1. The van der Waals surface area contributed by atoms with E-state index in [9.17, 15) is 10.1 Å². The highest BCUT2D eigenvalue weighted by Crippen LogP contribution is 2.32. The molecule has 20 heavy (non-hydrogen) atoms. The molecule has 0 spiro atoms. The molecule has 0 aliphatic heterocycles. The minimum atomic E-state index is -0.433. The minimum Gasteiger partial charge on any atom is -0.379 e. The molecule has 2 aromatic carbocycles. The number of rotatable bonds is 4. The summed E-state index contributed by atoms with van der Waals surface area (Å²) in [5, 5.41) is 14.5. The normalized spacial score (nSPS) is 10.3. The summed E-state index contributed by atoms with van der Waals surface area (Å²) in [6.07, 6.45) is 0. The lowest BCUT2D eigenvalue weighted by Gasteiger charge is -2.11. The van der Waals surface area contributed by atoms with Crippen LogP contribution in [0.2, 0.25) is 5.02 Å². The number of anilines is 1. The van der Waals surface area contributed by atoms with E-state index in [1.54, 1.807) is 12.1 Å². The van der Waals surface area contributed by atoms with E-state index in [1.165, 1.54) is 6.07 Å². The van der Waals surface area contributed by atoms with Crippen LogP contribution < -0.4 is 5.32 Å². The van der Waals surface area contributed by atoms with E-state index >= 15 is 0 Å². The lowest BCUT2D eigenvalue weighted by Crippen LogP contribution is -2.04. The highest BCUT2D eigenvalue weighted by atomic mass is 79.9. The Kier molecular flexibility index (Phi) is 5.01. The number of nitro benzene ring substituents is 1. The van der Waals surface area contributed by atoms with E-state index in [2.05, 4.69) is 37.2 Å². The van der Waals surface area contributed by atoms with Crippen LogP contribution in [0, 0.1) is 10.1 Å². The van der Waals surface area contributed by atoms with Crippen LogP contribution >= 0.6 is 43.5 Å². The molecule has 0 fully saturated rings. The van der Waals surface area contributed by atoms with E-state index in [4.69, 9.17) is 11.6 Å². The molecule has 7 heteroatoms. The molecule has 0 aliphatic carbocycles. The Morgan fingerprint density at radius 2 is 1.85 bits per heavy atom. The Labute approximate surface area is 137 Å². The second-order valence-corrected chi connectivity index (χ2v) is 6.13. The first kappa shape index (κ1) is 15.3. The zero-order valence-corrected chi connectivity index (χ0v) is 14.0. The van der Waals surface area contributed by atoms with Gasteiger partial charge in [-0.25, -0.2) is 0 Å². The van der Waals surface area contributed by atoms with Gasteiger partial charge >= 0.3 is 0 Å². The van der Waals surface area contributed by atoms with Crippen molar-refractivity contribution in [2.75, 3.05) is 5.32 Å². The molecule has 2 rings (SSSR count). The molecule has 4 nitrogen and oxygen atoms in total. The summed E-state index contributed by atoms with van der Waals surface area (Å²) in [6.45, 7) is 0.328. The third-order valence-electron chi connectivity index (χ3n) is 2.66. The van der Waals surface area contributed by atoms with E-state index in [0.717, 1.165) is 14.6 Å². The van der Waals surface area contributed by atoms with Crippen LogP contribution in [0.5, 0.6) is 0 Å². The monoisotopic (exact) mass is 418 g/mol. The first-order valence-electron chi connectivity index (χ1n) is 5.59. The SMILES string of the molecule is O=[N+]([O-])c1cc(Cl)ccc1CNc1c(Br)cccc1Br. The predicted octanol–water partition coefficient (Wildman–Crippen LogP) is 5.39. The Balaban J connectivity index is 2.25. The summed E-state index contributed by atoms with van der Waals surface area (Å²) in [6, 6.07) is 10.3. The summed E-state index contributed by atoms with van der Waals surface area (Å²) in [5.41, 5.74) is 1.42. The van der Waals surface area contributed by atoms with Gasteiger partial charge in [0.05, 0.1) is 10.6 Å². The molecule has 0 radical (unpaired) electrons. The minimum absolute atomic E-state index is 0.00757. The summed E-state index contributed by atoms with van der Waals surface area (Å²) >= 11 is 12.7. The molecule has 104 valence electrons. The number of nitrogens with one attached hydrogen (secondary N) is 1. The number of benzene rings is 2. The van der Waals surface area contributed by atoms with Crippen LogP contribution in [-0.2, 0) is 6.54 Å². The molecule has 0 saturated heterocycles. The first-order valence-corrected chi connectivity index (χ1v) is 7.56. The van der Waals surface area contributed by atoms with Gasteiger partial charge in [0.25, 0.3) is 5.69 Å². The molecular weight excluding hydrogens is 411 g/mol. The second-order valence-electron chi connectivity index (χ2n) is 3.98. The predicted molar refractivity (Wildman–Crippen MR) is 87.3 cm³/mol. The van der Waals surface area contributed by atoms with Crippen LogP contribution in [-0.4, -0.2) is 4.92 Å².